The van der Waals surface area contributed by atoms with Gasteiger partial charge in [-0.15, -0.1) is 0 Å². The van der Waals surface area contributed by atoms with Crippen LogP contribution in [0.4, 0.5) is 5.69 Å². The monoisotopic (exact) mass is 260 g/mol. The number of rotatable bonds is 4. The molecule has 0 saturated heterocycles. The quantitative estimate of drug-likeness (QED) is 0.847. The Morgan fingerprint density at radius 3 is 2.74 bits per heavy atom. The summed E-state index contributed by atoms with van der Waals surface area (Å²) in [4.78, 5) is 20.0. The topological polar surface area (TPSA) is 83.0 Å². The second-order valence-corrected chi connectivity index (χ2v) is 4.40. The third-order valence-electron chi connectivity index (χ3n) is 2.59. The lowest BCUT2D eigenvalue weighted by molar-refractivity contribution is 0.0448. The van der Waals surface area contributed by atoms with Gasteiger partial charge < -0.3 is 15.0 Å². The summed E-state index contributed by atoms with van der Waals surface area (Å²) < 4.78 is 6.96. The highest BCUT2D eigenvalue weighted by atomic mass is 16.5. The second-order valence-electron chi connectivity index (χ2n) is 4.40. The Morgan fingerprint density at radius 1 is 1.42 bits per heavy atom. The predicted molar refractivity (Wildman–Crippen MR) is 70.4 cm³/mol. The molecule has 2 rings (SSSR count). The van der Waals surface area contributed by atoms with Crippen molar-refractivity contribution in [3.63, 3.8) is 0 Å². The molecule has 2 aromatic heterocycles. The fraction of sp³-hybridized carbons (Fsp3) is 0.308. The van der Waals surface area contributed by atoms with Crippen molar-refractivity contribution in [2.45, 2.75) is 26.5 Å². The molecule has 6 nitrogen and oxygen atoms in total. The van der Waals surface area contributed by atoms with Crippen molar-refractivity contribution in [1.82, 2.24) is 14.5 Å². The second kappa shape index (κ2) is 5.51. The molecule has 0 aliphatic heterocycles. The molecule has 0 amide bonds. The van der Waals surface area contributed by atoms with Crippen LogP contribution in [-0.4, -0.2) is 20.5 Å². The summed E-state index contributed by atoms with van der Waals surface area (Å²) in [5.41, 5.74) is 6.68. The van der Waals surface area contributed by atoms with E-state index >= 15 is 0 Å². The van der Waals surface area contributed by atoms with Gasteiger partial charge in [0.15, 0.2) is 12.4 Å². The van der Waals surface area contributed by atoms with Gasteiger partial charge in [-0.05, 0) is 26.0 Å². The Balaban J connectivity index is 2.08. The van der Waals surface area contributed by atoms with Crippen LogP contribution in [0.3, 0.4) is 0 Å². The number of nitrogen functional groups attached to an aromatic ring is 1. The molecule has 2 N–H and O–H groups in total. The molecular formula is C13H16N4O2. The van der Waals surface area contributed by atoms with Gasteiger partial charge in [0.2, 0.25) is 0 Å². The van der Waals surface area contributed by atoms with E-state index in [1.54, 1.807) is 35.3 Å². The van der Waals surface area contributed by atoms with Gasteiger partial charge >= 0.3 is 5.97 Å². The first-order chi connectivity index (χ1) is 9.08. The Bertz CT molecular complexity index is 563. The average molecular weight is 260 g/mol. The number of hydrogen-bond donors (Lipinski definition) is 1. The van der Waals surface area contributed by atoms with Gasteiger partial charge in [-0.2, -0.15) is 0 Å². The minimum absolute atomic E-state index is 0.0445. The van der Waals surface area contributed by atoms with Gasteiger partial charge in [0, 0.05) is 24.6 Å². The Morgan fingerprint density at radius 2 is 2.11 bits per heavy atom. The van der Waals surface area contributed by atoms with Crippen LogP contribution in [0.25, 0.3) is 0 Å². The number of anilines is 1. The number of nitrogens with two attached hydrogens (primary N) is 1. The number of esters is 1. The zero-order valence-electron chi connectivity index (χ0n) is 10.9. The SMILES string of the molecule is CC(C)n1cc(N)cc1C(=O)OCc1ncccn1. The first-order valence-electron chi connectivity index (χ1n) is 5.98. The molecule has 0 saturated carbocycles. The summed E-state index contributed by atoms with van der Waals surface area (Å²) in [5.74, 6) is 0.0318. The zero-order valence-corrected chi connectivity index (χ0v) is 10.9. The molecule has 0 fully saturated rings. The molecule has 0 radical (unpaired) electrons. The lowest BCUT2D eigenvalue weighted by Crippen LogP contribution is -2.13. The number of aromatic nitrogens is 3. The number of hydrogen-bond acceptors (Lipinski definition) is 5. The largest absolute Gasteiger partial charge is 0.453 e. The van der Waals surface area contributed by atoms with Crippen molar-refractivity contribution in [3.8, 4) is 0 Å². The van der Waals surface area contributed by atoms with E-state index in [0.29, 0.717) is 17.2 Å². The predicted octanol–water partition coefficient (Wildman–Crippen LogP) is 1.80. The first-order valence-corrected chi connectivity index (χ1v) is 5.98. The standard InChI is InChI=1S/C13H16N4O2/c1-9(2)17-7-10(14)6-11(17)13(18)19-8-12-15-4-3-5-16-12/h3-7,9H,8,14H2,1-2H3. The molecule has 2 heterocycles. The highest BCUT2D eigenvalue weighted by Gasteiger charge is 2.16. The Labute approximate surface area is 111 Å². The molecule has 2 aromatic rings. The molecule has 0 atom stereocenters. The molecule has 0 bridgehead atoms. The number of ether oxygens (including phenoxy) is 1. The number of nitrogens with zero attached hydrogens (tertiary/aromatic N) is 3. The summed E-state index contributed by atoms with van der Waals surface area (Å²) >= 11 is 0. The summed E-state index contributed by atoms with van der Waals surface area (Å²) in [5, 5.41) is 0. The number of carbonyl (C=O) groups excluding carboxylic acids is 1. The van der Waals surface area contributed by atoms with Crippen molar-refractivity contribution < 1.29 is 9.53 Å². The van der Waals surface area contributed by atoms with E-state index in [0.717, 1.165) is 0 Å². The van der Waals surface area contributed by atoms with Gasteiger partial charge in [0.25, 0.3) is 0 Å². The fourth-order valence-electron chi connectivity index (χ4n) is 1.70. The van der Waals surface area contributed by atoms with E-state index in [4.69, 9.17) is 10.5 Å². The highest BCUT2D eigenvalue weighted by molar-refractivity contribution is 5.89. The fourth-order valence-corrected chi connectivity index (χ4v) is 1.70. The van der Waals surface area contributed by atoms with Crippen molar-refractivity contribution in [2.75, 3.05) is 5.73 Å². The molecule has 100 valence electrons. The van der Waals surface area contributed by atoms with Gasteiger partial charge in [-0.1, -0.05) is 0 Å². The van der Waals surface area contributed by atoms with E-state index in [1.165, 1.54) is 0 Å². The van der Waals surface area contributed by atoms with Crippen molar-refractivity contribution >= 4 is 11.7 Å². The Kier molecular flexibility index (Phi) is 3.79. The van der Waals surface area contributed by atoms with Crippen LogP contribution in [0.2, 0.25) is 0 Å². The van der Waals surface area contributed by atoms with Crippen LogP contribution in [-0.2, 0) is 11.3 Å². The minimum Gasteiger partial charge on any atom is -0.453 e. The molecule has 0 aromatic carbocycles. The highest BCUT2D eigenvalue weighted by Crippen LogP contribution is 2.17. The first kappa shape index (κ1) is 13.1. The smallest absolute Gasteiger partial charge is 0.355 e. The summed E-state index contributed by atoms with van der Waals surface area (Å²) in [7, 11) is 0. The van der Waals surface area contributed by atoms with Crippen molar-refractivity contribution in [2.24, 2.45) is 0 Å². The lowest BCUT2D eigenvalue weighted by Gasteiger charge is -2.11. The molecule has 19 heavy (non-hydrogen) atoms. The number of carbonyl (C=O) groups is 1. The zero-order chi connectivity index (χ0) is 13.8. The summed E-state index contributed by atoms with van der Waals surface area (Å²) in [6.07, 6.45) is 4.93. The van der Waals surface area contributed by atoms with Crippen molar-refractivity contribution in [3.05, 3.63) is 42.2 Å². The molecule has 0 unspecified atom stereocenters. The van der Waals surface area contributed by atoms with Crippen LogP contribution in [0.1, 0.15) is 36.2 Å². The molecule has 6 heteroatoms. The Hall–Kier alpha value is -2.37. The summed E-state index contributed by atoms with van der Waals surface area (Å²) in [6.45, 7) is 3.98. The molecule has 0 spiro atoms. The van der Waals surface area contributed by atoms with E-state index in [2.05, 4.69) is 9.97 Å². The van der Waals surface area contributed by atoms with Crippen LogP contribution >= 0.6 is 0 Å². The van der Waals surface area contributed by atoms with Gasteiger partial charge in [-0.25, -0.2) is 14.8 Å². The summed E-state index contributed by atoms with van der Waals surface area (Å²) in [6, 6.07) is 3.44. The van der Waals surface area contributed by atoms with Crippen LogP contribution < -0.4 is 5.73 Å². The lowest BCUT2D eigenvalue weighted by atomic mass is 10.3. The molecule has 0 aliphatic carbocycles. The van der Waals surface area contributed by atoms with Crippen LogP contribution in [0.5, 0.6) is 0 Å². The van der Waals surface area contributed by atoms with Crippen LogP contribution in [0.15, 0.2) is 30.7 Å². The molecule has 0 aliphatic rings. The van der Waals surface area contributed by atoms with E-state index in [9.17, 15) is 4.79 Å². The van der Waals surface area contributed by atoms with E-state index in [-0.39, 0.29) is 12.6 Å². The third kappa shape index (κ3) is 3.09. The van der Waals surface area contributed by atoms with Crippen molar-refractivity contribution in [1.29, 1.82) is 0 Å². The van der Waals surface area contributed by atoms with Gasteiger partial charge in [0.05, 0.1) is 5.69 Å². The van der Waals surface area contributed by atoms with Gasteiger partial charge in [-0.3, -0.25) is 0 Å². The van der Waals surface area contributed by atoms with E-state index < -0.39 is 5.97 Å². The maximum atomic E-state index is 12.0. The van der Waals surface area contributed by atoms with Crippen LogP contribution in [0, 0.1) is 0 Å². The van der Waals surface area contributed by atoms with Gasteiger partial charge in [0.1, 0.15) is 5.69 Å². The maximum Gasteiger partial charge on any atom is 0.355 e. The molecular weight excluding hydrogens is 244 g/mol. The minimum atomic E-state index is -0.433. The van der Waals surface area contributed by atoms with E-state index in [1.807, 2.05) is 13.8 Å². The normalized spacial score (nSPS) is 10.7. The average Bonchev–Trinajstić information content (AvgIpc) is 2.79. The maximum absolute atomic E-state index is 12.0. The third-order valence-corrected chi connectivity index (χ3v) is 2.59.